The summed E-state index contributed by atoms with van der Waals surface area (Å²) in [5.74, 6) is -0.358. The second-order valence-corrected chi connectivity index (χ2v) is 10.3. The fraction of sp³-hybridized carbons (Fsp3) is 0.0833. The van der Waals surface area contributed by atoms with Crippen molar-refractivity contribution in [1.29, 1.82) is 0 Å². The minimum absolute atomic E-state index is 0.288. The van der Waals surface area contributed by atoms with Gasteiger partial charge in [-0.2, -0.15) is 0 Å². The SMILES string of the molecule is CCOc1c(I)cc(I)cc1/C=C1\SC(=Nc2ccc(F)cc2)N(c2ccc(F)cc2)C1=O. The zero-order valence-corrected chi connectivity index (χ0v) is 22.3. The Morgan fingerprint density at radius 1 is 1.03 bits per heavy atom. The molecule has 1 fully saturated rings. The normalized spacial score (nSPS) is 16.2. The summed E-state index contributed by atoms with van der Waals surface area (Å²) in [5.41, 5.74) is 1.77. The molecule has 1 aliphatic rings. The van der Waals surface area contributed by atoms with E-state index >= 15 is 0 Å². The van der Waals surface area contributed by atoms with E-state index in [-0.39, 0.29) is 11.7 Å². The maximum atomic E-state index is 13.5. The van der Waals surface area contributed by atoms with E-state index < -0.39 is 5.82 Å². The number of amides is 1. The van der Waals surface area contributed by atoms with Crippen LogP contribution in [-0.2, 0) is 4.79 Å². The van der Waals surface area contributed by atoms with Crippen LogP contribution in [0, 0.1) is 18.8 Å². The number of benzene rings is 3. The Morgan fingerprint density at radius 3 is 2.30 bits per heavy atom. The molecule has 4 rings (SSSR count). The van der Waals surface area contributed by atoms with Crippen molar-refractivity contribution in [2.24, 2.45) is 4.99 Å². The fourth-order valence-electron chi connectivity index (χ4n) is 3.12. The Hall–Kier alpha value is -1.99. The molecule has 1 heterocycles. The van der Waals surface area contributed by atoms with E-state index in [4.69, 9.17) is 4.74 Å². The first-order valence-electron chi connectivity index (χ1n) is 9.81. The van der Waals surface area contributed by atoms with Gasteiger partial charge in [0.05, 0.1) is 26.5 Å². The highest BCUT2D eigenvalue weighted by Gasteiger charge is 2.35. The number of carbonyl (C=O) groups excluding carboxylic acids is 1. The van der Waals surface area contributed by atoms with Gasteiger partial charge in [0.1, 0.15) is 17.4 Å². The third-order valence-electron chi connectivity index (χ3n) is 4.55. The van der Waals surface area contributed by atoms with Crippen LogP contribution in [0.3, 0.4) is 0 Å². The molecular formula is C24H16F2I2N2O2S. The minimum Gasteiger partial charge on any atom is -0.492 e. The lowest BCUT2D eigenvalue weighted by molar-refractivity contribution is -0.113. The van der Waals surface area contributed by atoms with Crippen LogP contribution in [0.1, 0.15) is 12.5 Å². The molecule has 0 unspecified atom stereocenters. The standard InChI is InChI=1S/C24H16F2I2N2O2S/c1-2-32-22-14(11-17(27)13-20(22)28)12-21-23(31)30(19-9-5-16(26)6-10-19)24(33-21)29-18-7-3-15(25)4-8-18/h3-13H,2H2,1H3/b21-12-,29-24?. The van der Waals surface area contributed by atoms with Gasteiger partial charge in [-0.3, -0.25) is 9.69 Å². The van der Waals surface area contributed by atoms with Crippen molar-refractivity contribution >= 4 is 85.5 Å². The molecule has 0 radical (unpaired) electrons. The molecule has 168 valence electrons. The van der Waals surface area contributed by atoms with Gasteiger partial charge in [0, 0.05) is 9.13 Å². The van der Waals surface area contributed by atoms with E-state index in [0.29, 0.717) is 33.8 Å². The van der Waals surface area contributed by atoms with Crippen LogP contribution in [0.15, 0.2) is 70.6 Å². The van der Waals surface area contributed by atoms with Crippen molar-refractivity contribution < 1.29 is 18.3 Å². The van der Waals surface area contributed by atoms with E-state index in [1.54, 1.807) is 6.08 Å². The maximum Gasteiger partial charge on any atom is 0.271 e. The number of amidine groups is 1. The highest BCUT2D eigenvalue weighted by Crippen LogP contribution is 2.39. The van der Waals surface area contributed by atoms with E-state index in [2.05, 4.69) is 50.2 Å². The third-order valence-corrected chi connectivity index (χ3v) is 6.95. The summed E-state index contributed by atoms with van der Waals surface area (Å²) in [6, 6.07) is 15.3. The molecule has 0 bridgehead atoms. The van der Waals surface area contributed by atoms with Gasteiger partial charge in [-0.05, 0) is 131 Å². The van der Waals surface area contributed by atoms with Crippen molar-refractivity contribution in [3.8, 4) is 5.75 Å². The molecule has 1 amide bonds. The Kier molecular flexibility index (Phi) is 7.69. The van der Waals surface area contributed by atoms with Crippen LogP contribution >= 0.6 is 56.9 Å². The van der Waals surface area contributed by atoms with Crippen LogP contribution in [0.4, 0.5) is 20.2 Å². The van der Waals surface area contributed by atoms with Crippen LogP contribution < -0.4 is 9.64 Å². The van der Waals surface area contributed by atoms with Gasteiger partial charge in [0.2, 0.25) is 0 Å². The summed E-state index contributed by atoms with van der Waals surface area (Å²) in [5, 5.41) is 0.391. The maximum absolute atomic E-state index is 13.5. The van der Waals surface area contributed by atoms with E-state index in [9.17, 15) is 13.6 Å². The quantitative estimate of drug-likeness (QED) is 0.208. The molecule has 4 nitrogen and oxygen atoms in total. The lowest BCUT2D eigenvalue weighted by Gasteiger charge is -2.15. The fourth-order valence-corrected chi connectivity index (χ4v) is 6.16. The molecule has 33 heavy (non-hydrogen) atoms. The predicted molar refractivity (Wildman–Crippen MR) is 146 cm³/mol. The average molecular weight is 688 g/mol. The van der Waals surface area contributed by atoms with Gasteiger partial charge < -0.3 is 4.74 Å². The van der Waals surface area contributed by atoms with E-state index in [1.807, 2.05) is 19.1 Å². The summed E-state index contributed by atoms with van der Waals surface area (Å²) < 4.78 is 34.6. The zero-order chi connectivity index (χ0) is 23.5. The Labute approximate surface area is 221 Å². The van der Waals surface area contributed by atoms with Gasteiger partial charge in [-0.25, -0.2) is 13.8 Å². The Balaban J connectivity index is 1.81. The number of rotatable bonds is 5. The molecule has 0 aliphatic carbocycles. The zero-order valence-electron chi connectivity index (χ0n) is 17.2. The molecule has 3 aromatic carbocycles. The van der Waals surface area contributed by atoms with Gasteiger partial charge in [-0.15, -0.1) is 0 Å². The lowest BCUT2D eigenvalue weighted by atomic mass is 10.2. The second kappa shape index (κ2) is 10.5. The number of anilines is 1. The van der Waals surface area contributed by atoms with Gasteiger partial charge in [0.15, 0.2) is 5.17 Å². The number of nitrogens with zero attached hydrogens (tertiary/aromatic N) is 2. The Morgan fingerprint density at radius 2 is 1.67 bits per heavy atom. The smallest absolute Gasteiger partial charge is 0.271 e. The van der Waals surface area contributed by atoms with Crippen molar-refractivity contribution in [2.75, 3.05) is 11.5 Å². The van der Waals surface area contributed by atoms with Crippen molar-refractivity contribution in [2.45, 2.75) is 6.92 Å². The number of halogens is 4. The van der Waals surface area contributed by atoms with Crippen LogP contribution in [0.2, 0.25) is 0 Å². The highest BCUT2D eigenvalue weighted by atomic mass is 127. The number of hydrogen-bond acceptors (Lipinski definition) is 4. The van der Waals surface area contributed by atoms with Crippen molar-refractivity contribution in [3.63, 3.8) is 0 Å². The minimum atomic E-state index is -0.402. The third kappa shape index (κ3) is 5.57. The van der Waals surface area contributed by atoms with Gasteiger partial charge in [0.25, 0.3) is 5.91 Å². The summed E-state index contributed by atoms with van der Waals surface area (Å²) in [6.45, 7) is 2.40. The molecule has 0 saturated carbocycles. The number of ether oxygens (including phenoxy) is 1. The molecule has 0 atom stereocenters. The number of carbonyl (C=O) groups is 1. The topological polar surface area (TPSA) is 41.9 Å². The largest absolute Gasteiger partial charge is 0.492 e. The second-order valence-electron chi connectivity index (χ2n) is 6.84. The van der Waals surface area contributed by atoms with Crippen LogP contribution in [0.25, 0.3) is 6.08 Å². The average Bonchev–Trinajstić information content (AvgIpc) is 3.07. The summed E-state index contributed by atoms with van der Waals surface area (Å²) in [6.07, 6.45) is 1.78. The monoisotopic (exact) mass is 688 g/mol. The lowest BCUT2D eigenvalue weighted by Crippen LogP contribution is -2.28. The highest BCUT2D eigenvalue weighted by molar-refractivity contribution is 14.1. The molecule has 1 saturated heterocycles. The number of aliphatic imine (C=N–C) groups is 1. The number of thioether (sulfide) groups is 1. The molecule has 0 aromatic heterocycles. The van der Waals surface area contributed by atoms with E-state index in [0.717, 1.165) is 12.7 Å². The van der Waals surface area contributed by atoms with Gasteiger partial charge >= 0.3 is 0 Å². The van der Waals surface area contributed by atoms with Gasteiger partial charge in [-0.1, -0.05) is 0 Å². The molecule has 9 heteroatoms. The van der Waals surface area contributed by atoms with Crippen molar-refractivity contribution in [3.05, 3.63) is 89.9 Å². The summed E-state index contributed by atoms with van der Waals surface area (Å²) >= 11 is 5.64. The molecular weight excluding hydrogens is 672 g/mol. The molecule has 1 aliphatic heterocycles. The molecule has 3 aromatic rings. The molecule has 0 N–H and O–H groups in total. The first kappa shape index (κ1) is 24.1. The first-order chi connectivity index (χ1) is 15.9. The van der Waals surface area contributed by atoms with Crippen LogP contribution in [0.5, 0.6) is 5.75 Å². The van der Waals surface area contributed by atoms with Crippen LogP contribution in [-0.4, -0.2) is 17.7 Å². The Bertz CT molecular complexity index is 1260. The summed E-state index contributed by atoms with van der Waals surface area (Å²) in [7, 11) is 0. The van der Waals surface area contributed by atoms with Crippen molar-refractivity contribution in [1.82, 2.24) is 0 Å². The molecule has 0 spiro atoms. The predicted octanol–water partition coefficient (Wildman–Crippen LogP) is 7.38. The van der Waals surface area contributed by atoms with E-state index in [1.165, 1.54) is 65.2 Å². The number of hydrogen-bond donors (Lipinski definition) is 0. The summed E-state index contributed by atoms with van der Waals surface area (Å²) in [4.78, 5) is 19.9. The first-order valence-corrected chi connectivity index (χ1v) is 12.8.